The number of hydrogen-bond donors (Lipinski definition) is 2. The summed E-state index contributed by atoms with van der Waals surface area (Å²) >= 11 is 0. The monoisotopic (exact) mass is 204 g/mol. The van der Waals surface area contributed by atoms with E-state index in [0.29, 0.717) is 6.42 Å². The zero-order valence-electron chi connectivity index (χ0n) is 8.18. The summed E-state index contributed by atoms with van der Waals surface area (Å²) in [6.45, 7) is 0.723. The van der Waals surface area contributed by atoms with E-state index in [-0.39, 0.29) is 0 Å². The van der Waals surface area contributed by atoms with Gasteiger partial charge in [-0.25, -0.2) is 0 Å². The molecule has 78 valence electrons. The summed E-state index contributed by atoms with van der Waals surface area (Å²) in [5, 5.41) is 8.69. The fraction of sp³-hybridized carbons (Fsp3) is 0.273. The lowest BCUT2D eigenvalue weighted by Crippen LogP contribution is -2.32. The van der Waals surface area contributed by atoms with Crippen LogP contribution in [0.5, 0.6) is 0 Å². The standard InChI is InChI=1S/C11H12N2O2/c12-10(11(14)15)4-7-1-2-8-5-13-6-9(8)3-7/h1-3,6,10H,4-5,12H2,(H,14,15)/t10-/m0/s1. The molecule has 0 spiro atoms. The minimum Gasteiger partial charge on any atom is -0.480 e. The summed E-state index contributed by atoms with van der Waals surface area (Å²) in [6.07, 6.45) is 2.17. The maximum absolute atomic E-state index is 10.6. The van der Waals surface area contributed by atoms with Gasteiger partial charge in [0.25, 0.3) is 0 Å². The number of fused-ring (bicyclic) bond motifs is 1. The third-order valence-corrected chi connectivity index (χ3v) is 2.48. The summed E-state index contributed by atoms with van der Waals surface area (Å²) in [6, 6.07) is 5.01. The number of hydrogen-bond acceptors (Lipinski definition) is 3. The minimum absolute atomic E-state index is 0.358. The van der Waals surface area contributed by atoms with Crippen LogP contribution in [0.3, 0.4) is 0 Å². The van der Waals surface area contributed by atoms with E-state index < -0.39 is 12.0 Å². The van der Waals surface area contributed by atoms with E-state index in [0.717, 1.165) is 17.7 Å². The van der Waals surface area contributed by atoms with Crippen molar-refractivity contribution < 1.29 is 9.90 Å². The summed E-state index contributed by atoms with van der Waals surface area (Å²) in [7, 11) is 0. The van der Waals surface area contributed by atoms with Crippen molar-refractivity contribution in [2.24, 2.45) is 10.7 Å². The van der Waals surface area contributed by atoms with E-state index in [1.165, 1.54) is 5.56 Å². The molecule has 0 saturated carbocycles. The molecule has 2 rings (SSSR count). The van der Waals surface area contributed by atoms with Crippen molar-refractivity contribution in [3.8, 4) is 0 Å². The van der Waals surface area contributed by atoms with Gasteiger partial charge in [0.05, 0.1) is 6.54 Å². The van der Waals surface area contributed by atoms with Crippen LogP contribution in [0.2, 0.25) is 0 Å². The average molecular weight is 204 g/mol. The first kappa shape index (κ1) is 9.86. The smallest absolute Gasteiger partial charge is 0.320 e. The molecule has 0 aliphatic carbocycles. The maximum Gasteiger partial charge on any atom is 0.320 e. The van der Waals surface area contributed by atoms with Crippen molar-refractivity contribution in [1.82, 2.24) is 0 Å². The number of carbonyl (C=O) groups is 1. The fourth-order valence-electron chi connectivity index (χ4n) is 1.62. The second-order valence-electron chi connectivity index (χ2n) is 3.65. The van der Waals surface area contributed by atoms with Gasteiger partial charge in [-0.1, -0.05) is 12.1 Å². The molecule has 1 aromatic carbocycles. The molecular weight excluding hydrogens is 192 g/mol. The van der Waals surface area contributed by atoms with E-state index in [1.807, 2.05) is 24.4 Å². The Hall–Kier alpha value is -1.68. The van der Waals surface area contributed by atoms with Crippen LogP contribution in [-0.2, 0) is 17.8 Å². The Balaban J connectivity index is 2.16. The first-order valence-electron chi connectivity index (χ1n) is 4.77. The molecule has 0 saturated heterocycles. The predicted octanol–water partition coefficient (Wildman–Crippen LogP) is 0.573. The van der Waals surface area contributed by atoms with E-state index >= 15 is 0 Å². The van der Waals surface area contributed by atoms with Gasteiger partial charge < -0.3 is 10.8 Å². The van der Waals surface area contributed by atoms with Crippen LogP contribution < -0.4 is 5.73 Å². The summed E-state index contributed by atoms with van der Waals surface area (Å²) < 4.78 is 0. The van der Waals surface area contributed by atoms with Crippen molar-refractivity contribution in [3.05, 3.63) is 34.9 Å². The highest BCUT2D eigenvalue weighted by molar-refractivity contribution is 5.84. The molecule has 0 radical (unpaired) electrons. The molecule has 0 bridgehead atoms. The molecule has 1 atom stereocenters. The molecular formula is C11H12N2O2. The quantitative estimate of drug-likeness (QED) is 0.755. The van der Waals surface area contributed by atoms with E-state index in [9.17, 15) is 4.79 Å². The van der Waals surface area contributed by atoms with Gasteiger partial charge in [0.15, 0.2) is 0 Å². The van der Waals surface area contributed by atoms with Crippen LogP contribution in [0, 0.1) is 0 Å². The molecule has 3 N–H and O–H groups in total. The molecule has 0 amide bonds. The Bertz CT molecular complexity index is 427. The van der Waals surface area contributed by atoms with Crippen molar-refractivity contribution in [1.29, 1.82) is 0 Å². The van der Waals surface area contributed by atoms with Crippen molar-refractivity contribution in [3.63, 3.8) is 0 Å². The van der Waals surface area contributed by atoms with Gasteiger partial charge in [-0.2, -0.15) is 0 Å². The molecule has 0 unspecified atom stereocenters. The number of carboxylic acid groups (broad SMARTS) is 1. The molecule has 0 aromatic heterocycles. The largest absolute Gasteiger partial charge is 0.480 e. The van der Waals surface area contributed by atoms with E-state index in [1.54, 1.807) is 0 Å². The van der Waals surface area contributed by atoms with Gasteiger partial charge in [-0.05, 0) is 29.2 Å². The number of carboxylic acids is 1. The van der Waals surface area contributed by atoms with E-state index in [2.05, 4.69) is 4.99 Å². The third kappa shape index (κ3) is 2.05. The molecule has 1 aromatic rings. The lowest BCUT2D eigenvalue weighted by atomic mass is 10.0. The second kappa shape index (κ2) is 3.82. The molecule has 15 heavy (non-hydrogen) atoms. The van der Waals surface area contributed by atoms with Crippen LogP contribution in [0.15, 0.2) is 23.2 Å². The first-order chi connectivity index (χ1) is 7.16. The minimum atomic E-state index is -0.968. The van der Waals surface area contributed by atoms with Gasteiger partial charge in [0.2, 0.25) is 0 Å². The molecule has 4 heteroatoms. The van der Waals surface area contributed by atoms with Gasteiger partial charge in [-0.15, -0.1) is 0 Å². The van der Waals surface area contributed by atoms with Gasteiger partial charge in [-0.3, -0.25) is 9.79 Å². The summed E-state index contributed by atoms with van der Waals surface area (Å²) in [5.74, 6) is -0.968. The fourth-order valence-corrected chi connectivity index (χ4v) is 1.62. The first-order valence-corrected chi connectivity index (χ1v) is 4.77. The third-order valence-electron chi connectivity index (χ3n) is 2.48. The number of aliphatic imine (C=N–C) groups is 1. The number of rotatable bonds is 3. The lowest BCUT2D eigenvalue weighted by Gasteiger charge is -2.07. The number of benzene rings is 1. The zero-order valence-corrected chi connectivity index (χ0v) is 8.18. The highest BCUT2D eigenvalue weighted by Gasteiger charge is 2.13. The number of nitrogens with zero attached hydrogens (tertiary/aromatic N) is 1. The highest BCUT2D eigenvalue weighted by Crippen LogP contribution is 2.16. The van der Waals surface area contributed by atoms with Crippen molar-refractivity contribution in [2.75, 3.05) is 0 Å². The molecule has 0 fully saturated rings. The molecule has 1 aliphatic heterocycles. The summed E-state index contributed by atoms with van der Waals surface area (Å²) in [4.78, 5) is 14.7. The second-order valence-corrected chi connectivity index (χ2v) is 3.65. The average Bonchev–Trinajstić information content (AvgIpc) is 2.64. The topological polar surface area (TPSA) is 75.7 Å². The Kier molecular flexibility index (Phi) is 2.51. The normalized spacial score (nSPS) is 15.0. The number of nitrogens with two attached hydrogens (primary N) is 1. The maximum atomic E-state index is 10.6. The molecule has 1 aliphatic rings. The van der Waals surface area contributed by atoms with Crippen LogP contribution >= 0.6 is 0 Å². The van der Waals surface area contributed by atoms with Crippen LogP contribution in [0.25, 0.3) is 0 Å². The van der Waals surface area contributed by atoms with Crippen molar-refractivity contribution in [2.45, 2.75) is 19.0 Å². The van der Waals surface area contributed by atoms with Crippen LogP contribution in [0.1, 0.15) is 16.7 Å². The summed E-state index contributed by atoms with van der Waals surface area (Å²) in [5.41, 5.74) is 8.66. The Morgan fingerprint density at radius 3 is 3.13 bits per heavy atom. The number of aliphatic carboxylic acids is 1. The molecule has 1 heterocycles. The van der Waals surface area contributed by atoms with Gasteiger partial charge >= 0.3 is 5.97 Å². The Morgan fingerprint density at radius 2 is 2.40 bits per heavy atom. The molecule has 4 nitrogen and oxygen atoms in total. The Labute approximate surface area is 87.4 Å². The van der Waals surface area contributed by atoms with E-state index in [4.69, 9.17) is 10.8 Å². The lowest BCUT2D eigenvalue weighted by molar-refractivity contribution is -0.138. The van der Waals surface area contributed by atoms with Gasteiger partial charge in [0.1, 0.15) is 6.04 Å². The Morgan fingerprint density at radius 1 is 1.60 bits per heavy atom. The van der Waals surface area contributed by atoms with Crippen molar-refractivity contribution >= 4 is 12.2 Å². The zero-order chi connectivity index (χ0) is 10.8. The predicted molar refractivity (Wildman–Crippen MR) is 57.1 cm³/mol. The van der Waals surface area contributed by atoms with Crippen LogP contribution in [0.4, 0.5) is 0 Å². The SMILES string of the molecule is N[C@@H](Cc1ccc2c(c1)C=NC2)C(=O)O. The highest BCUT2D eigenvalue weighted by atomic mass is 16.4. The van der Waals surface area contributed by atoms with Gasteiger partial charge in [0, 0.05) is 6.21 Å². The van der Waals surface area contributed by atoms with Crippen LogP contribution in [-0.4, -0.2) is 23.3 Å².